The van der Waals surface area contributed by atoms with Crippen LogP contribution in [0.25, 0.3) is 0 Å². The molecule has 0 bridgehead atoms. The van der Waals surface area contributed by atoms with Crippen LogP contribution in [0.5, 0.6) is 0 Å². The molecule has 0 N–H and O–H groups in total. The number of halogens is 5. The van der Waals surface area contributed by atoms with Crippen LogP contribution in [0.2, 0.25) is 5.02 Å². The maximum absolute atomic E-state index is 13.0. The van der Waals surface area contributed by atoms with Gasteiger partial charge in [-0.2, -0.15) is 13.2 Å². The molecule has 0 aliphatic carbocycles. The molecule has 0 unspecified atom stereocenters. The summed E-state index contributed by atoms with van der Waals surface area (Å²) in [4.78, 5) is 11.2. The zero-order valence-corrected chi connectivity index (χ0v) is 10.0. The van der Waals surface area contributed by atoms with Crippen molar-refractivity contribution < 1.29 is 27.1 Å². The fraction of sp³-hybridized carbons (Fsp3) is 0.364. The third-order valence-corrected chi connectivity index (χ3v) is 2.38. The van der Waals surface area contributed by atoms with E-state index in [0.717, 1.165) is 6.07 Å². The molecule has 7 heteroatoms. The van der Waals surface area contributed by atoms with Crippen LogP contribution >= 0.6 is 11.6 Å². The molecule has 0 spiro atoms. The Hall–Kier alpha value is -1.30. The van der Waals surface area contributed by atoms with Gasteiger partial charge in [-0.25, -0.2) is 4.39 Å². The van der Waals surface area contributed by atoms with Gasteiger partial charge in [-0.15, -0.1) is 0 Å². The van der Waals surface area contributed by atoms with E-state index in [4.69, 9.17) is 11.6 Å². The third kappa shape index (κ3) is 3.60. The van der Waals surface area contributed by atoms with Crippen molar-refractivity contribution >= 4 is 17.6 Å². The first kappa shape index (κ1) is 14.8. The fourth-order valence-electron chi connectivity index (χ4n) is 1.37. The summed E-state index contributed by atoms with van der Waals surface area (Å²) in [6.07, 6.45) is -5.37. The molecule has 100 valence electrons. The number of rotatable bonds is 3. The Morgan fingerprint density at radius 1 is 1.39 bits per heavy atom. The molecule has 1 aromatic rings. The minimum Gasteiger partial charge on any atom is -0.466 e. The quantitative estimate of drug-likeness (QED) is 0.626. The minimum absolute atomic E-state index is 0.0507. The van der Waals surface area contributed by atoms with Gasteiger partial charge in [-0.05, 0) is 24.6 Å². The molecule has 0 atom stereocenters. The number of alkyl halides is 3. The molecular formula is C11H9ClF4O2. The van der Waals surface area contributed by atoms with Crippen LogP contribution < -0.4 is 0 Å². The molecule has 0 heterocycles. The molecule has 2 nitrogen and oxygen atoms in total. The molecule has 0 fully saturated rings. The summed E-state index contributed by atoms with van der Waals surface area (Å²) in [5.41, 5.74) is -1.63. The fourth-order valence-corrected chi connectivity index (χ4v) is 1.55. The van der Waals surface area contributed by atoms with Crippen molar-refractivity contribution in [1.29, 1.82) is 0 Å². The molecule has 0 saturated heterocycles. The Kier molecular flexibility index (Phi) is 4.56. The van der Waals surface area contributed by atoms with E-state index in [2.05, 4.69) is 4.74 Å². The van der Waals surface area contributed by atoms with E-state index in [1.54, 1.807) is 0 Å². The maximum atomic E-state index is 13.0. The summed E-state index contributed by atoms with van der Waals surface area (Å²) >= 11 is 5.40. The van der Waals surface area contributed by atoms with Crippen LogP contribution in [0.1, 0.15) is 18.1 Å². The van der Waals surface area contributed by atoms with Crippen LogP contribution in [-0.4, -0.2) is 12.6 Å². The van der Waals surface area contributed by atoms with Gasteiger partial charge in [0.1, 0.15) is 5.82 Å². The third-order valence-electron chi connectivity index (χ3n) is 2.09. The average Bonchev–Trinajstić information content (AvgIpc) is 2.21. The first-order valence-corrected chi connectivity index (χ1v) is 5.34. The largest absolute Gasteiger partial charge is 0.466 e. The van der Waals surface area contributed by atoms with Crippen molar-refractivity contribution in [3.05, 3.63) is 34.1 Å². The van der Waals surface area contributed by atoms with Crippen LogP contribution in [0, 0.1) is 5.82 Å². The lowest BCUT2D eigenvalue weighted by atomic mass is 10.0. The van der Waals surface area contributed by atoms with E-state index in [1.165, 1.54) is 6.92 Å². The van der Waals surface area contributed by atoms with Gasteiger partial charge in [0.15, 0.2) is 0 Å². The van der Waals surface area contributed by atoms with Crippen molar-refractivity contribution in [2.45, 2.75) is 19.5 Å². The summed E-state index contributed by atoms with van der Waals surface area (Å²) in [6.45, 7) is 1.58. The molecular weight excluding hydrogens is 276 g/mol. The van der Waals surface area contributed by atoms with Gasteiger partial charge in [0.25, 0.3) is 0 Å². The second-order valence-electron chi connectivity index (χ2n) is 3.40. The second kappa shape index (κ2) is 5.56. The summed E-state index contributed by atoms with van der Waals surface area (Å²) in [5.74, 6) is -2.01. The number of esters is 1. The van der Waals surface area contributed by atoms with Crippen molar-refractivity contribution in [1.82, 2.24) is 0 Å². The van der Waals surface area contributed by atoms with E-state index < -0.39 is 40.5 Å². The summed E-state index contributed by atoms with van der Waals surface area (Å²) in [6, 6.07) is 1.06. The van der Waals surface area contributed by atoms with Gasteiger partial charge in [0, 0.05) is 0 Å². The van der Waals surface area contributed by atoms with Crippen LogP contribution in [0.15, 0.2) is 12.1 Å². The van der Waals surface area contributed by atoms with Gasteiger partial charge in [0.05, 0.1) is 23.6 Å². The predicted octanol–water partition coefficient (Wildman–Crippen LogP) is 3.60. The molecule has 18 heavy (non-hydrogen) atoms. The normalized spacial score (nSPS) is 11.4. The van der Waals surface area contributed by atoms with E-state index >= 15 is 0 Å². The number of ether oxygens (including phenoxy) is 1. The van der Waals surface area contributed by atoms with Crippen molar-refractivity contribution in [2.75, 3.05) is 6.61 Å². The lowest BCUT2D eigenvalue weighted by Gasteiger charge is -2.13. The van der Waals surface area contributed by atoms with E-state index in [0.29, 0.717) is 0 Å². The van der Waals surface area contributed by atoms with Gasteiger partial charge in [-0.1, -0.05) is 11.6 Å². The second-order valence-corrected chi connectivity index (χ2v) is 3.81. The number of hydrogen-bond donors (Lipinski definition) is 0. The van der Waals surface area contributed by atoms with Gasteiger partial charge in [-0.3, -0.25) is 4.79 Å². The SMILES string of the molecule is CCOC(=O)Cc1cc(Cl)c(F)cc1C(F)(F)F. The standard InChI is InChI=1S/C11H9ClF4O2/c1-2-18-10(17)4-6-3-8(12)9(13)5-7(6)11(14,15)16/h3,5H,2,4H2,1H3. The lowest BCUT2D eigenvalue weighted by molar-refractivity contribution is -0.143. The van der Waals surface area contributed by atoms with E-state index in [1.807, 2.05) is 0 Å². The molecule has 0 amide bonds. The molecule has 1 aromatic carbocycles. The lowest BCUT2D eigenvalue weighted by Crippen LogP contribution is -2.15. The number of hydrogen-bond acceptors (Lipinski definition) is 2. The number of benzene rings is 1. The summed E-state index contributed by atoms with van der Waals surface area (Å²) in [5, 5.41) is -0.470. The highest BCUT2D eigenvalue weighted by Gasteiger charge is 2.35. The Labute approximate surface area is 105 Å². The molecule has 1 rings (SSSR count). The predicted molar refractivity (Wildman–Crippen MR) is 56.7 cm³/mol. The van der Waals surface area contributed by atoms with Crippen molar-refractivity contribution in [3.63, 3.8) is 0 Å². The minimum atomic E-state index is -4.76. The first-order valence-electron chi connectivity index (χ1n) is 4.96. The zero-order chi connectivity index (χ0) is 13.9. The molecule has 0 aromatic heterocycles. The Morgan fingerprint density at radius 3 is 2.50 bits per heavy atom. The van der Waals surface area contributed by atoms with Crippen LogP contribution in [-0.2, 0) is 22.1 Å². The van der Waals surface area contributed by atoms with Gasteiger partial charge < -0.3 is 4.74 Å². The summed E-state index contributed by atoms with van der Waals surface area (Å²) in [7, 11) is 0. The molecule has 0 saturated carbocycles. The summed E-state index contributed by atoms with van der Waals surface area (Å²) < 4.78 is 55.5. The first-order chi connectivity index (χ1) is 8.25. The Morgan fingerprint density at radius 2 is 2.00 bits per heavy atom. The maximum Gasteiger partial charge on any atom is 0.416 e. The highest BCUT2D eigenvalue weighted by molar-refractivity contribution is 6.30. The molecule has 0 aliphatic rings. The average molecular weight is 285 g/mol. The highest BCUT2D eigenvalue weighted by Crippen LogP contribution is 2.34. The topological polar surface area (TPSA) is 26.3 Å². The monoisotopic (exact) mass is 284 g/mol. The smallest absolute Gasteiger partial charge is 0.416 e. The Bertz CT molecular complexity index is 457. The number of carbonyl (C=O) groups is 1. The van der Waals surface area contributed by atoms with E-state index in [-0.39, 0.29) is 12.7 Å². The molecule has 0 radical (unpaired) electrons. The zero-order valence-electron chi connectivity index (χ0n) is 9.28. The highest BCUT2D eigenvalue weighted by atomic mass is 35.5. The van der Waals surface area contributed by atoms with Crippen LogP contribution in [0.4, 0.5) is 17.6 Å². The van der Waals surface area contributed by atoms with E-state index in [9.17, 15) is 22.4 Å². The van der Waals surface area contributed by atoms with Crippen molar-refractivity contribution in [2.24, 2.45) is 0 Å². The van der Waals surface area contributed by atoms with Crippen LogP contribution in [0.3, 0.4) is 0 Å². The Balaban J connectivity index is 3.16. The molecule has 0 aliphatic heterocycles. The van der Waals surface area contributed by atoms with Gasteiger partial charge >= 0.3 is 12.1 Å². The van der Waals surface area contributed by atoms with Crippen molar-refractivity contribution in [3.8, 4) is 0 Å². The number of carbonyl (C=O) groups excluding carboxylic acids is 1. The van der Waals surface area contributed by atoms with Gasteiger partial charge in [0.2, 0.25) is 0 Å².